The molecule has 0 aromatic rings. The summed E-state index contributed by atoms with van der Waals surface area (Å²) < 4.78 is 0. The molecule has 2 saturated carbocycles. The largest absolute Gasteiger partial charge is 0.392 e. The summed E-state index contributed by atoms with van der Waals surface area (Å²) in [5.41, 5.74) is -1.76. The highest BCUT2D eigenvalue weighted by Gasteiger charge is 2.61. The molecule has 2 aliphatic carbocycles. The van der Waals surface area contributed by atoms with Crippen molar-refractivity contribution >= 4 is 0 Å². The molecule has 2 aliphatic rings. The summed E-state index contributed by atoms with van der Waals surface area (Å²) in [7, 11) is 0. The predicted molar refractivity (Wildman–Crippen MR) is 72.4 cm³/mol. The molecule has 112 valence electrons. The highest BCUT2D eigenvalue weighted by atomic mass is 16.3. The lowest BCUT2D eigenvalue weighted by molar-refractivity contribution is -0.248. The topological polar surface area (TPSA) is 80.9 Å². The minimum atomic E-state index is -1.14. The molecule has 0 heterocycles. The van der Waals surface area contributed by atoms with Crippen molar-refractivity contribution in [2.75, 3.05) is 0 Å². The Bertz CT molecular complexity index is 341. The molecule has 7 atom stereocenters. The Balaban J connectivity index is 2.38. The van der Waals surface area contributed by atoms with Gasteiger partial charge in [0.25, 0.3) is 0 Å². The summed E-state index contributed by atoms with van der Waals surface area (Å²) in [6.07, 6.45) is -0.746. The third-order valence-electron chi connectivity index (χ3n) is 5.70. The van der Waals surface area contributed by atoms with Crippen LogP contribution in [0.4, 0.5) is 0 Å². The fourth-order valence-corrected chi connectivity index (χ4v) is 4.68. The summed E-state index contributed by atoms with van der Waals surface area (Å²) >= 11 is 0. The van der Waals surface area contributed by atoms with Crippen LogP contribution >= 0.6 is 0 Å². The lowest BCUT2D eigenvalue weighted by atomic mass is 9.50. The summed E-state index contributed by atoms with van der Waals surface area (Å²) in [5, 5.41) is 41.7. The van der Waals surface area contributed by atoms with Crippen LogP contribution in [0, 0.1) is 23.2 Å². The molecule has 2 rings (SSSR count). The predicted octanol–water partition coefficient (Wildman–Crippen LogP) is 0.912. The van der Waals surface area contributed by atoms with Gasteiger partial charge in [-0.2, -0.15) is 0 Å². The Labute approximate surface area is 115 Å². The van der Waals surface area contributed by atoms with Gasteiger partial charge in [-0.25, -0.2) is 0 Å². The minimum Gasteiger partial charge on any atom is -0.392 e. The van der Waals surface area contributed by atoms with Crippen molar-refractivity contribution in [2.24, 2.45) is 23.2 Å². The Hall–Kier alpha value is -0.160. The molecule has 4 nitrogen and oxygen atoms in total. The van der Waals surface area contributed by atoms with Gasteiger partial charge in [0.05, 0.1) is 23.9 Å². The first-order valence-electron chi connectivity index (χ1n) is 7.38. The summed E-state index contributed by atoms with van der Waals surface area (Å²) in [6, 6.07) is 0. The van der Waals surface area contributed by atoms with Crippen LogP contribution in [0.5, 0.6) is 0 Å². The van der Waals surface area contributed by atoms with Gasteiger partial charge in [-0.15, -0.1) is 0 Å². The molecule has 0 amide bonds. The molecule has 4 N–H and O–H groups in total. The van der Waals surface area contributed by atoms with Gasteiger partial charge in [-0.3, -0.25) is 0 Å². The van der Waals surface area contributed by atoms with Gasteiger partial charge < -0.3 is 20.4 Å². The van der Waals surface area contributed by atoms with Crippen molar-refractivity contribution in [3.63, 3.8) is 0 Å². The second-order valence-electron chi connectivity index (χ2n) is 7.49. The van der Waals surface area contributed by atoms with Crippen molar-refractivity contribution in [3.05, 3.63) is 0 Å². The van der Waals surface area contributed by atoms with Crippen LogP contribution in [0.15, 0.2) is 0 Å². The van der Waals surface area contributed by atoms with Crippen molar-refractivity contribution < 1.29 is 20.4 Å². The maximum Gasteiger partial charge on any atom is 0.0858 e. The van der Waals surface area contributed by atoms with Gasteiger partial charge in [0.15, 0.2) is 0 Å². The summed E-state index contributed by atoms with van der Waals surface area (Å²) in [6.45, 7) is 7.73. The van der Waals surface area contributed by atoms with Gasteiger partial charge in [0.2, 0.25) is 0 Å². The molecule has 2 fully saturated rings. The Morgan fingerprint density at radius 1 is 1.11 bits per heavy atom. The zero-order valence-electron chi connectivity index (χ0n) is 12.4. The zero-order valence-corrected chi connectivity index (χ0v) is 12.4. The standard InChI is InChI=1S/C15H28O4/c1-8(2)9-5-6-14(3)12(11(9)17)15(4,19)7-10(16)13(14)18/h8-13,16-19H,5-7H2,1-4H3/t9-,10-,11+,12+,13+,14+,15-/m0/s1. The average Bonchev–Trinajstić information content (AvgIpc) is 2.24. The maximum atomic E-state index is 10.7. The van der Waals surface area contributed by atoms with E-state index in [-0.39, 0.29) is 18.3 Å². The number of hydrogen-bond acceptors (Lipinski definition) is 4. The van der Waals surface area contributed by atoms with E-state index < -0.39 is 29.3 Å². The maximum absolute atomic E-state index is 10.7. The van der Waals surface area contributed by atoms with Crippen LogP contribution < -0.4 is 0 Å². The van der Waals surface area contributed by atoms with Gasteiger partial charge in [0, 0.05) is 17.8 Å². The van der Waals surface area contributed by atoms with Crippen LogP contribution in [-0.4, -0.2) is 44.3 Å². The molecule has 0 aromatic carbocycles. The van der Waals surface area contributed by atoms with Crippen molar-refractivity contribution in [1.82, 2.24) is 0 Å². The fourth-order valence-electron chi connectivity index (χ4n) is 4.68. The Morgan fingerprint density at radius 3 is 2.21 bits per heavy atom. The highest BCUT2D eigenvalue weighted by molar-refractivity contribution is 5.11. The van der Waals surface area contributed by atoms with E-state index in [0.717, 1.165) is 12.8 Å². The minimum absolute atomic E-state index is 0.121. The summed E-state index contributed by atoms with van der Waals surface area (Å²) in [5.74, 6) is 0.103. The monoisotopic (exact) mass is 272 g/mol. The third kappa shape index (κ3) is 2.23. The average molecular weight is 272 g/mol. The first-order chi connectivity index (χ1) is 8.61. The molecule has 0 radical (unpaired) electrons. The second kappa shape index (κ2) is 4.69. The molecule has 0 unspecified atom stereocenters. The third-order valence-corrected chi connectivity index (χ3v) is 5.70. The van der Waals surface area contributed by atoms with E-state index in [2.05, 4.69) is 13.8 Å². The molecular weight excluding hydrogens is 244 g/mol. The van der Waals surface area contributed by atoms with Crippen LogP contribution in [0.1, 0.15) is 47.0 Å². The van der Waals surface area contributed by atoms with E-state index in [1.807, 2.05) is 6.92 Å². The van der Waals surface area contributed by atoms with E-state index in [1.54, 1.807) is 6.92 Å². The van der Waals surface area contributed by atoms with Crippen LogP contribution in [0.25, 0.3) is 0 Å². The summed E-state index contributed by atoms with van der Waals surface area (Å²) in [4.78, 5) is 0. The van der Waals surface area contributed by atoms with E-state index in [0.29, 0.717) is 5.92 Å². The normalized spacial score (nSPS) is 55.1. The number of aliphatic hydroxyl groups excluding tert-OH is 3. The lowest BCUT2D eigenvalue weighted by Crippen LogP contribution is -2.67. The Kier molecular flexibility index (Phi) is 3.76. The number of aliphatic hydroxyl groups is 4. The smallest absolute Gasteiger partial charge is 0.0858 e. The lowest BCUT2D eigenvalue weighted by Gasteiger charge is -2.59. The van der Waals surface area contributed by atoms with Gasteiger partial charge >= 0.3 is 0 Å². The Morgan fingerprint density at radius 2 is 1.68 bits per heavy atom. The van der Waals surface area contributed by atoms with Crippen LogP contribution in [0.3, 0.4) is 0 Å². The molecule has 0 spiro atoms. The first kappa shape index (κ1) is 15.2. The van der Waals surface area contributed by atoms with Crippen LogP contribution in [-0.2, 0) is 0 Å². The zero-order chi connectivity index (χ0) is 14.6. The number of fused-ring (bicyclic) bond motifs is 1. The van der Waals surface area contributed by atoms with E-state index >= 15 is 0 Å². The molecule has 0 aromatic heterocycles. The van der Waals surface area contributed by atoms with Crippen molar-refractivity contribution in [2.45, 2.75) is 70.9 Å². The SMILES string of the molecule is CC(C)[C@@H]1CC[C@@]2(C)[C@H](O)[C@@H](O)C[C@](C)(O)[C@@H]2[C@@H]1O. The fraction of sp³-hybridized carbons (Fsp3) is 1.00. The van der Waals surface area contributed by atoms with E-state index in [4.69, 9.17) is 0 Å². The molecule has 4 heteroatoms. The molecule has 0 bridgehead atoms. The van der Waals surface area contributed by atoms with Crippen LogP contribution in [0.2, 0.25) is 0 Å². The van der Waals surface area contributed by atoms with Crippen molar-refractivity contribution in [1.29, 1.82) is 0 Å². The molecule has 0 aliphatic heterocycles. The van der Waals surface area contributed by atoms with Gasteiger partial charge in [-0.05, 0) is 31.6 Å². The molecular formula is C15H28O4. The quantitative estimate of drug-likeness (QED) is 0.572. The molecule has 19 heavy (non-hydrogen) atoms. The highest BCUT2D eigenvalue weighted by Crippen LogP contribution is 2.56. The van der Waals surface area contributed by atoms with Gasteiger partial charge in [0.1, 0.15) is 0 Å². The molecule has 0 saturated heterocycles. The van der Waals surface area contributed by atoms with E-state index in [9.17, 15) is 20.4 Å². The first-order valence-corrected chi connectivity index (χ1v) is 7.38. The van der Waals surface area contributed by atoms with Crippen molar-refractivity contribution in [3.8, 4) is 0 Å². The number of rotatable bonds is 1. The van der Waals surface area contributed by atoms with E-state index in [1.165, 1.54) is 0 Å². The van der Waals surface area contributed by atoms with Gasteiger partial charge in [-0.1, -0.05) is 20.8 Å². The second-order valence-corrected chi connectivity index (χ2v) is 7.49. The number of hydrogen-bond donors (Lipinski definition) is 4.